The van der Waals surface area contributed by atoms with Crippen molar-refractivity contribution in [3.8, 4) is 0 Å². The number of benzene rings is 1. The SMILES string of the molecule is NC(=O)c1c(CO)c2ncc(Cc3ccc(F)cc3)cc2n(CCCN2CCCCCC2=O)c1=O. The number of rotatable bonds is 8. The maximum atomic E-state index is 13.3. The number of carbonyl (C=O) groups excluding carboxylic acids is 2. The quantitative estimate of drug-likeness (QED) is 0.514. The van der Waals surface area contributed by atoms with Gasteiger partial charge < -0.3 is 20.3 Å². The molecule has 184 valence electrons. The van der Waals surface area contributed by atoms with E-state index in [0.29, 0.717) is 43.4 Å². The molecule has 1 aliphatic heterocycles. The lowest BCUT2D eigenvalue weighted by Crippen LogP contribution is -2.35. The van der Waals surface area contributed by atoms with Crippen LogP contribution < -0.4 is 11.3 Å². The minimum atomic E-state index is -0.922. The van der Waals surface area contributed by atoms with Crippen molar-refractivity contribution in [3.05, 3.63) is 75.0 Å². The third kappa shape index (κ3) is 5.40. The molecule has 8 nitrogen and oxygen atoms in total. The first-order valence-corrected chi connectivity index (χ1v) is 11.9. The normalized spacial score (nSPS) is 14.3. The fourth-order valence-corrected chi connectivity index (χ4v) is 4.68. The zero-order valence-corrected chi connectivity index (χ0v) is 19.5. The van der Waals surface area contributed by atoms with Crippen LogP contribution in [0.1, 0.15) is 59.2 Å². The summed E-state index contributed by atoms with van der Waals surface area (Å²) in [5, 5.41) is 9.94. The Hall–Kier alpha value is -3.59. The number of hydrogen-bond donors (Lipinski definition) is 2. The summed E-state index contributed by atoms with van der Waals surface area (Å²) in [6, 6.07) is 7.92. The van der Waals surface area contributed by atoms with E-state index in [1.165, 1.54) is 16.7 Å². The zero-order valence-electron chi connectivity index (χ0n) is 19.5. The molecule has 1 aromatic carbocycles. The molecular formula is C26H29FN4O4. The van der Waals surface area contributed by atoms with Crippen LogP contribution in [0.5, 0.6) is 0 Å². The lowest BCUT2D eigenvalue weighted by atomic mass is 10.0. The van der Waals surface area contributed by atoms with Crippen LogP contribution in [0.25, 0.3) is 11.0 Å². The second-order valence-corrected chi connectivity index (χ2v) is 8.89. The van der Waals surface area contributed by atoms with Crippen LogP contribution in [0.4, 0.5) is 4.39 Å². The fourth-order valence-electron chi connectivity index (χ4n) is 4.68. The van der Waals surface area contributed by atoms with Gasteiger partial charge in [0, 0.05) is 37.8 Å². The Kier molecular flexibility index (Phi) is 7.55. The van der Waals surface area contributed by atoms with E-state index in [0.717, 1.165) is 30.4 Å². The molecule has 0 bridgehead atoms. The number of amides is 2. The highest BCUT2D eigenvalue weighted by Crippen LogP contribution is 2.22. The summed E-state index contributed by atoms with van der Waals surface area (Å²) in [7, 11) is 0. The number of aliphatic hydroxyl groups excluding tert-OH is 1. The predicted octanol–water partition coefficient (Wildman–Crippen LogP) is 2.51. The van der Waals surface area contributed by atoms with Crippen molar-refractivity contribution in [1.29, 1.82) is 0 Å². The van der Waals surface area contributed by atoms with Gasteiger partial charge in [-0.1, -0.05) is 18.6 Å². The van der Waals surface area contributed by atoms with Crippen molar-refractivity contribution < 1.29 is 19.1 Å². The summed E-state index contributed by atoms with van der Waals surface area (Å²) in [4.78, 5) is 44.1. The monoisotopic (exact) mass is 480 g/mol. The number of primary amides is 1. The van der Waals surface area contributed by atoms with E-state index < -0.39 is 18.1 Å². The molecule has 1 saturated heterocycles. The van der Waals surface area contributed by atoms with Crippen LogP contribution >= 0.6 is 0 Å². The number of nitrogens with two attached hydrogens (primary N) is 1. The average molecular weight is 481 g/mol. The highest BCUT2D eigenvalue weighted by atomic mass is 19.1. The highest BCUT2D eigenvalue weighted by Gasteiger charge is 2.22. The third-order valence-electron chi connectivity index (χ3n) is 6.47. The Labute approximate surface area is 202 Å². The van der Waals surface area contributed by atoms with Gasteiger partial charge in [0.2, 0.25) is 5.91 Å². The highest BCUT2D eigenvalue weighted by molar-refractivity contribution is 5.98. The first-order chi connectivity index (χ1) is 16.9. The van der Waals surface area contributed by atoms with E-state index in [1.54, 1.807) is 24.4 Å². The smallest absolute Gasteiger partial charge is 0.264 e. The Bertz CT molecular complexity index is 1300. The number of halogens is 1. The maximum Gasteiger partial charge on any atom is 0.264 e. The van der Waals surface area contributed by atoms with Crippen LogP contribution in [0.2, 0.25) is 0 Å². The van der Waals surface area contributed by atoms with Gasteiger partial charge in [-0.15, -0.1) is 0 Å². The standard InChI is InChI=1S/C26H29FN4O4/c27-19-8-6-17(7-9-19)13-18-14-21-24(29-15-18)20(16-32)23(25(28)34)26(35)31(21)12-4-11-30-10-3-1-2-5-22(30)33/h6-9,14-15,32H,1-5,10-13,16H2,(H2,28,34). The molecule has 2 amide bonds. The number of pyridine rings is 2. The molecule has 1 aliphatic rings. The van der Waals surface area contributed by atoms with Crippen LogP contribution in [0.15, 0.2) is 41.3 Å². The van der Waals surface area contributed by atoms with Gasteiger partial charge >= 0.3 is 0 Å². The number of hydrogen-bond acceptors (Lipinski definition) is 5. The summed E-state index contributed by atoms with van der Waals surface area (Å²) in [6.45, 7) is 0.904. The molecule has 9 heteroatoms. The Morgan fingerprint density at radius 2 is 1.86 bits per heavy atom. The van der Waals surface area contributed by atoms with Crippen molar-refractivity contribution in [2.24, 2.45) is 5.73 Å². The topological polar surface area (TPSA) is 119 Å². The van der Waals surface area contributed by atoms with E-state index in [2.05, 4.69) is 4.98 Å². The predicted molar refractivity (Wildman–Crippen MR) is 129 cm³/mol. The zero-order chi connectivity index (χ0) is 24.9. The summed E-state index contributed by atoms with van der Waals surface area (Å²) in [5.74, 6) is -1.13. The van der Waals surface area contributed by atoms with Crippen molar-refractivity contribution in [1.82, 2.24) is 14.5 Å². The van der Waals surface area contributed by atoms with Gasteiger partial charge in [-0.3, -0.25) is 19.4 Å². The summed E-state index contributed by atoms with van der Waals surface area (Å²) in [6.07, 6.45) is 6.01. The number of carbonyl (C=O) groups is 2. The fraction of sp³-hybridized carbons (Fsp3) is 0.385. The van der Waals surface area contributed by atoms with Crippen LogP contribution in [-0.2, 0) is 24.4 Å². The van der Waals surface area contributed by atoms with Crippen molar-refractivity contribution in [3.63, 3.8) is 0 Å². The summed E-state index contributed by atoms with van der Waals surface area (Å²) >= 11 is 0. The molecule has 0 atom stereocenters. The molecule has 0 radical (unpaired) electrons. The van der Waals surface area contributed by atoms with E-state index in [-0.39, 0.29) is 29.4 Å². The number of fused-ring (bicyclic) bond motifs is 1. The molecule has 0 spiro atoms. The van der Waals surface area contributed by atoms with Gasteiger partial charge in [-0.05, 0) is 55.0 Å². The Morgan fingerprint density at radius 3 is 2.57 bits per heavy atom. The van der Waals surface area contributed by atoms with Gasteiger partial charge in [-0.25, -0.2) is 4.39 Å². The average Bonchev–Trinajstić information content (AvgIpc) is 3.05. The first-order valence-electron chi connectivity index (χ1n) is 11.9. The van der Waals surface area contributed by atoms with Crippen LogP contribution in [0.3, 0.4) is 0 Å². The molecule has 3 N–H and O–H groups in total. The first kappa shape index (κ1) is 24.5. The third-order valence-corrected chi connectivity index (χ3v) is 6.47. The number of aromatic nitrogens is 2. The van der Waals surface area contributed by atoms with Gasteiger partial charge in [0.1, 0.15) is 11.4 Å². The minimum Gasteiger partial charge on any atom is -0.392 e. The minimum absolute atomic E-state index is 0.102. The largest absolute Gasteiger partial charge is 0.392 e. The molecule has 0 saturated carbocycles. The number of likely N-dealkylation sites (tertiary alicyclic amines) is 1. The van der Waals surface area contributed by atoms with Crippen molar-refractivity contribution in [2.45, 2.75) is 51.7 Å². The molecular weight excluding hydrogens is 451 g/mol. The molecule has 1 fully saturated rings. The van der Waals surface area contributed by atoms with Crippen LogP contribution in [0, 0.1) is 5.82 Å². The molecule has 4 rings (SSSR count). The van der Waals surface area contributed by atoms with Gasteiger partial charge in [0.05, 0.1) is 17.6 Å². The van der Waals surface area contributed by atoms with Crippen molar-refractivity contribution >= 4 is 22.8 Å². The van der Waals surface area contributed by atoms with E-state index in [9.17, 15) is 23.9 Å². The Balaban J connectivity index is 1.71. The molecule has 35 heavy (non-hydrogen) atoms. The van der Waals surface area contributed by atoms with Gasteiger partial charge in [-0.2, -0.15) is 0 Å². The van der Waals surface area contributed by atoms with Gasteiger partial charge in [0.15, 0.2) is 0 Å². The summed E-state index contributed by atoms with van der Waals surface area (Å²) < 4.78 is 14.7. The maximum absolute atomic E-state index is 13.3. The number of aliphatic hydroxyl groups is 1. The lowest BCUT2D eigenvalue weighted by molar-refractivity contribution is -0.130. The van der Waals surface area contributed by atoms with Crippen LogP contribution in [-0.4, -0.2) is 44.5 Å². The molecule has 0 aliphatic carbocycles. The molecule has 0 unspecified atom stereocenters. The molecule has 3 aromatic rings. The van der Waals surface area contributed by atoms with Gasteiger partial charge in [0.25, 0.3) is 11.5 Å². The Morgan fingerprint density at radius 1 is 1.09 bits per heavy atom. The van der Waals surface area contributed by atoms with E-state index in [1.807, 2.05) is 4.90 Å². The second-order valence-electron chi connectivity index (χ2n) is 8.89. The van der Waals surface area contributed by atoms with E-state index in [4.69, 9.17) is 5.73 Å². The molecule has 3 heterocycles. The number of nitrogens with zero attached hydrogens (tertiary/aromatic N) is 3. The summed E-state index contributed by atoms with van der Waals surface area (Å²) in [5.41, 5.74) is 7.21. The number of aryl methyl sites for hydroxylation is 1. The molecule has 2 aromatic heterocycles. The van der Waals surface area contributed by atoms with E-state index >= 15 is 0 Å². The lowest BCUT2D eigenvalue weighted by Gasteiger charge is -2.21. The second kappa shape index (κ2) is 10.8. The van der Waals surface area contributed by atoms with Crippen molar-refractivity contribution in [2.75, 3.05) is 13.1 Å².